The fraction of sp³-hybridized carbons (Fsp3) is 0.464. The van der Waals surface area contributed by atoms with Crippen LogP contribution >= 0.6 is 0 Å². The predicted molar refractivity (Wildman–Crippen MR) is 132 cm³/mol. The molecule has 184 valence electrons. The number of hydrogen-bond donors (Lipinski definition) is 2. The molecule has 0 bridgehead atoms. The maximum absolute atomic E-state index is 14.0. The van der Waals surface area contributed by atoms with Gasteiger partial charge in [-0.3, -0.25) is 14.5 Å². The molecule has 3 fully saturated rings. The minimum Gasteiger partial charge on any atom is -0.480 e. The normalized spacial score (nSPS) is 26.3. The molecule has 2 aromatic rings. The zero-order chi connectivity index (χ0) is 24.6. The Balaban J connectivity index is 1.36. The van der Waals surface area contributed by atoms with Crippen LogP contribution in [0.2, 0.25) is 0 Å². The maximum Gasteiger partial charge on any atom is 0.326 e. The second-order valence-electron chi connectivity index (χ2n) is 10.3. The average molecular weight is 476 g/mol. The van der Waals surface area contributed by atoms with Crippen molar-refractivity contribution in [1.29, 1.82) is 0 Å². The van der Waals surface area contributed by atoms with Crippen molar-refractivity contribution in [2.24, 2.45) is 11.3 Å². The first-order valence-corrected chi connectivity index (χ1v) is 12.5. The monoisotopic (exact) mass is 475 g/mol. The Bertz CT molecular complexity index is 1040. The molecule has 3 atom stereocenters. The number of nitrogens with one attached hydrogen (secondary N) is 1. The molecular formula is C28H33N3O4. The standard InChI is InChI=1S/C28H33N3O4/c1-19-25(32)29-18-28(19)12-14-30(15-13-28)22-16-23(27(34)35)31(17-22)26(33)24(20-8-4-2-5-9-20)21-10-6-3-7-11-21/h2-11,19,22-24H,12-18H2,1H3,(H,29,32)(H,34,35)/t19?,22-,23-/m0/s1. The third-order valence-electron chi connectivity index (χ3n) is 8.60. The average Bonchev–Trinajstić information content (AvgIpc) is 3.45. The van der Waals surface area contributed by atoms with Crippen molar-refractivity contribution in [2.75, 3.05) is 26.2 Å². The van der Waals surface area contributed by atoms with Crippen LogP contribution in [0.3, 0.4) is 0 Å². The molecule has 0 aromatic heterocycles. The maximum atomic E-state index is 14.0. The smallest absolute Gasteiger partial charge is 0.326 e. The Hall–Kier alpha value is -3.19. The van der Waals surface area contributed by atoms with Gasteiger partial charge >= 0.3 is 5.97 Å². The number of benzene rings is 2. The van der Waals surface area contributed by atoms with Crippen LogP contribution in [-0.4, -0.2) is 71.0 Å². The van der Waals surface area contributed by atoms with Gasteiger partial charge in [0.1, 0.15) is 6.04 Å². The number of carboxylic acid groups (broad SMARTS) is 1. The molecule has 5 rings (SSSR count). The van der Waals surface area contributed by atoms with Crippen molar-refractivity contribution in [3.63, 3.8) is 0 Å². The summed E-state index contributed by atoms with van der Waals surface area (Å²) in [5, 5.41) is 13.1. The van der Waals surface area contributed by atoms with Gasteiger partial charge in [-0.1, -0.05) is 67.6 Å². The van der Waals surface area contributed by atoms with Gasteiger partial charge in [-0.15, -0.1) is 0 Å². The van der Waals surface area contributed by atoms with E-state index in [2.05, 4.69) is 10.2 Å². The number of carbonyl (C=O) groups excluding carboxylic acids is 2. The van der Waals surface area contributed by atoms with Crippen molar-refractivity contribution in [3.8, 4) is 0 Å². The van der Waals surface area contributed by atoms with E-state index >= 15 is 0 Å². The van der Waals surface area contributed by atoms with E-state index in [1.54, 1.807) is 4.90 Å². The van der Waals surface area contributed by atoms with Crippen LogP contribution in [0, 0.1) is 11.3 Å². The number of carbonyl (C=O) groups is 3. The van der Waals surface area contributed by atoms with Gasteiger partial charge in [-0.25, -0.2) is 4.79 Å². The van der Waals surface area contributed by atoms with Gasteiger partial charge in [0.25, 0.3) is 0 Å². The highest BCUT2D eigenvalue weighted by Gasteiger charge is 2.50. The van der Waals surface area contributed by atoms with Gasteiger partial charge in [0.2, 0.25) is 11.8 Å². The molecule has 1 unspecified atom stereocenters. The third-order valence-corrected chi connectivity index (χ3v) is 8.60. The number of likely N-dealkylation sites (tertiary alicyclic amines) is 2. The first kappa shape index (κ1) is 23.5. The lowest BCUT2D eigenvalue weighted by Crippen LogP contribution is -2.49. The molecule has 3 aliphatic rings. The highest BCUT2D eigenvalue weighted by Crippen LogP contribution is 2.43. The van der Waals surface area contributed by atoms with Gasteiger partial charge in [-0.05, 0) is 43.5 Å². The van der Waals surface area contributed by atoms with Gasteiger partial charge in [0, 0.05) is 30.5 Å². The van der Waals surface area contributed by atoms with E-state index in [9.17, 15) is 19.5 Å². The molecule has 7 heteroatoms. The topological polar surface area (TPSA) is 89.9 Å². The second kappa shape index (κ2) is 9.46. The number of piperidine rings is 1. The van der Waals surface area contributed by atoms with Crippen LogP contribution in [-0.2, 0) is 14.4 Å². The van der Waals surface area contributed by atoms with Crippen molar-refractivity contribution in [2.45, 2.75) is 44.2 Å². The van der Waals surface area contributed by atoms with Crippen LogP contribution in [0.5, 0.6) is 0 Å². The van der Waals surface area contributed by atoms with Crippen molar-refractivity contribution in [1.82, 2.24) is 15.1 Å². The predicted octanol–water partition coefficient (Wildman–Crippen LogP) is 2.72. The van der Waals surface area contributed by atoms with Crippen molar-refractivity contribution >= 4 is 17.8 Å². The van der Waals surface area contributed by atoms with Gasteiger partial charge in [-0.2, -0.15) is 0 Å². The summed E-state index contributed by atoms with van der Waals surface area (Å²) in [7, 11) is 0. The van der Waals surface area contributed by atoms with E-state index in [1.807, 2.05) is 67.6 Å². The highest BCUT2D eigenvalue weighted by atomic mass is 16.4. The molecular weight excluding hydrogens is 442 g/mol. The number of carboxylic acids is 1. The second-order valence-corrected chi connectivity index (χ2v) is 10.3. The lowest BCUT2D eigenvalue weighted by atomic mass is 9.71. The summed E-state index contributed by atoms with van der Waals surface area (Å²) >= 11 is 0. The van der Waals surface area contributed by atoms with Crippen molar-refractivity contribution in [3.05, 3.63) is 71.8 Å². The molecule has 0 radical (unpaired) electrons. The summed E-state index contributed by atoms with van der Waals surface area (Å²) in [6, 6.07) is 18.4. The molecule has 0 aliphatic carbocycles. The Labute approximate surface area is 206 Å². The number of hydrogen-bond acceptors (Lipinski definition) is 4. The van der Waals surface area contributed by atoms with Crippen LogP contribution < -0.4 is 5.32 Å². The Morgan fingerprint density at radius 1 is 1.00 bits per heavy atom. The molecule has 1 spiro atoms. The summed E-state index contributed by atoms with van der Waals surface area (Å²) in [5.41, 5.74) is 1.73. The number of amides is 2. The van der Waals surface area contributed by atoms with E-state index in [0.29, 0.717) is 13.0 Å². The van der Waals surface area contributed by atoms with Crippen LogP contribution in [0.1, 0.15) is 43.2 Å². The zero-order valence-electron chi connectivity index (χ0n) is 20.1. The van der Waals surface area contributed by atoms with Crippen LogP contribution in [0.15, 0.2) is 60.7 Å². The summed E-state index contributed by atoms with van der Waals surface area (Å²) in [6.45, 7) is 4.79. The summed E-state index contributed by atoms with van der Waals surface area (Å²) in [5.74, 6) is -1.51. The van der Waals surface area contributed by atoms with E-state index < -0.39 is 17.9 Å². The molecule has 0 saturated carbocycles. The van der Waals surface area contributed by atoms with E-state index in [4.69, 9.17) is 0 Å². The fourth-order valence-electron chi connectivity index (χ4n) is 6.28. The number of nitrogens with zero attached hydrogens (tertiary/aromatic N) is 2. The largest absolute Gasteiger partial charge is 0.480 e. The van der Waals surface area contributed by atoms with E-state index in [-0.39, 0.29) is 29.2 Å². The number of rotatable bonds is 5. The molecule has 35 heavy (non-hydrogen) atoms. The molecule has 3 heterocycles. The Morgan fingerprint density at radius 3 is 2.06 bits per heavy atom. The zero-order valence-corrected chi connectivity index (χ0v) is 20.1. The van der Waals surface area contributed by atoms with E-state index in [1.165, 1.54) is 0 Å². The first-order valence-electron chi connectivity index (χ1n) is 12.5. The van der Waals surface area contributed by atoms with Gasteiger partial charge in [0.05, 0.1) is 5.92 Å². The van der Waals surface area contributed by atoms with Gasteiger partial charge < -0.3 is 15.3 Å². The summed E-state index contributed by atoms with van der Waals surface area (Å²) in [4.78, 5) is 42.2. The third kappa shape index (κ3) is 4.33. The lowest BCUT2D eigenvalue weighted by molar-refractivity contribution is -0.148. The molecule has 3 saturated heterocycles. The van der Waals surface area contributed by atoms with Crippen LogP contribution in [0.25, 0.3) is 0 Å². The molecule has 7 nitrogen and oxygen atoms in total. The molecule has 2 N–H and O–H groups in total. The van der Waals surface area contributed by atoms with Gasteiger partial charge in [0.15, 0.2) is 0 Å². The van der Waals surface area contributed by atoms with Crippen LogP contribution in [0.4, 0.5) is 0 Å². The SMILES string of the molecule is CC1C(=O)NCC12CCN([C@H]1C[C@@H](C(=O)O)N(C(=O)C(c3ccccc3)c3ccccc3)C1)CC2. The summed E-state index contributed by atoms with van der Waals surface area (Å²) < 4.78 is 0. The lowest BCUT2D eigenvalue weighted by Gasteiger charge is -2.42. The van der Waals surface area contributed by atoms with E-state index in [0.717, 1.165) is 43.6 Å². The molecule has 2 aromatic carbocycles. The first-order chi connectivity index (χ1) is 16.9. The molecule has 2 amide bonds. The highest BCUT2D eigenvalue weighted by molar-refractivity contribution is 5.91. The minimum atomic E-state index is -0.951. The summed E-state index contributed by atoms with van der Waals surface area (Å²) in [6.07, 6.45) is 2.24. The fourth-order valence-corrected chi connectivity index (χ4v) is 6.28. The quantitative estimate of drug-likeness (QED) is 0.694. The van der Waals surface area contributed by atoms with Crippen molar-refractivity contribution < 1.29 is 19.5 Å². The minimum absolute atomic E-state index is 0.000389. The Kier molecular flexibility index (Phi) is 6.36. The Morgan fingerprint density at radius 2 is 1.57 bits per heavy atom. The molecule has 3 aliphatic heterocycles. The number of aliphatic carboxylic acids is 1.